The van der Waals surface area contributed by atoms with Crippen LogP contribution in [-0.4, -0.2) is 5.11 Å². The van der Waals surface area contributed by atoms with Crippen LogP contribution in [0.1, 0.15) is 31.7 Å². The van der Waals surface area contributed by atoms with Crippen molar-refractivity contribution in [3.63, 3.8) is 0 Å². The second-order valence-corrected chi connectivity index (χ2v) is 4.98. The Bertz CT molecular complexity index is 333. The summed E-state index contributed by atoms with van der Waals surface area (Å²) in [6.07, 6.45) is 3.13. The second-order valence-electron chi connectivity index (χ2n) is 4.06. The van der Waals surface area contributed by atoms with Crippen molar-refractivity contribution in [2.75, 3.05) is 0 Å². The quantitative estimate of drug-likeness (QED) is 0.876. The van der Waals surface area contributed by atoms with Crippen molar-refractivity contribution in [2.24, 2.45) is 5.92 Å². The molecule has 2 heteroatoms. The SMILES string of the molecule is CCC(O)(c1cccc(Br)c1)C1CC1. The number of aliphatic hydroxyl groups is 1. The maximum absolute atomic E-state index is 10.5. The highest BCUT2D eigenvalue weighted by Crippen LogP contribution is 2.47. The molecule has 0 amide bonds. The molecule has 1 atom stereocenters. The van der Waals surface area contributed by atoms with E-state index in [0.29, 0.717) is 5.92 Å². The molecule has 1 aliphatic rings. The molecular weight excluding hydrogens is 240 g/mol. The number of benzene rings is 1. The van der Waals surface area contributed by atoms with Crippen LogP contribution in [0.25, 0.3) is 0 Å². The summed E-state index contributed by atoms with van der Waals surface area (Å²) in [7, 11) is 0. The lowest BCUT2D eigenvalue weighted by Crippen LogP contribution is -2.27. The van der Waals surface area contributed by atoms with Crippen LogP contribution in [0.5, 0.6) is 0 Å². The van der Waals surface area contributed by atoms with Gasteiger partial charge in [0.2, 0.25) is 0 Å². The molecule has 0 heterocycles. The van der Waals surface area contributed by atoms with Gasteiger partial charge in [0.15, 0.2) is 0 Å². The Balaban J connectivity index is 2.35. The van der Waals surface area contributed by atoms with Crippen molar-refractivity contribution in [1.82, 2.24) is 0 Å². The van der Waals surface area contributed by atoms with Gasteiger partial charge in [-0.3, -0.25) is 0 Å². The van der Waals surface area contributed by atoms with E-state index in [2.05, 4.69) is 22.9 Å². The van der Waals surface area contributed by atoms with E-state index >= 15 is 0 Å². The Labute approximate surface area is 93.3 Å². The van der Waals surface area contributed by atoms with Gasteiger partial charge < -0.3 is 5.11 Å². The summed E-state index contributed by atoms with van der Waals surface area (Å²) in [5.41, 5.74) is 0.459. The molecule has 1 aromatic rings. The van der Waals surface area contributed by atoms with Crippen LogP contribution >= 0.6 is 15.9 Å². The van der Waals surface area contributed by atoms with Gasteiger partial charge in [-0.1, -0.05) is 35.0 Å². The Morgan fingerprint density at radius 3 is 2.71 bits per heavy atom. The Kier molecular flexibility index (Phi) is 2.67. The summed E-state index contributed by atoms with van der Waals surface area (Å²) >= 11 is 3.44. The third kappa shape index (κ3) is 1.73. The molecule has 0 spiro atoms. The average molecular weight is 255 g/mol. The predicted molar refractivity (Wildman–Crippen MR) is 61.1 cm³/mol. The van der Waals surface area contributed by atoms with Gasteiger partial charge in [-0.05, 0) is 42.9 Å². The zero-order valence-corrected chi connectivity index (χ0v) is 9.92. The average Bonchev–Trinajstić information content (AvgIpc) is 3.00. The molecule has 0 saturated heterocycles. The van der Waals surface area contributed by atoms with Crippen LogP contribution < -0.4 is 0 Å². The van der Waals surface area contributed by atoms with Crippen molar-refractivity contribution >= 4 is 15.9 Å². The second kappa shape index (κ2) is 3.67. The number of hydrogen-bond acceptors (Lipinski definition) is 1. The van der Waals surface area contributed by atoms with E-state index in [-0.39, 0.29) is 0 Å². The van der Waals surface area contributed by atoms with Crippen molar-refractivity contribution in [3.05, 3.63) is 34.3 Å². The van der Waals surface area contributed by atoms with Gasteiger partial charge in [0.25, 0.3) is 0 Å². The maximum Gasteiger partial charge on any atom is 0.0922 e. The van der Waals surface area contributed by atoms with Gasteiger partial charge in [-0.2, -0.15) is 0 Å². The summed E-state index contributed by atoms with van der Waals surface area (Å²) in [6, 6.07) is 8.03. The molecule has 0 bridgehead atoms. The van der Waals surface area contributed by atoms with Crippen LogP contribution in [0.2, 0.25) is 0 Å². The predicted octanol–water partition coefficient (Wildman–Crippen LogP) is 3.46. The molecule has 0 aromatic heterocycles. The topological polar surface area (TPSA) is 20.2 Å². The minimum absolute atomic E-state index is 0.474. The Morgan fingerprint density at radius 1 is 1.50 bits per heavy atom. The normalized spacial score (nSPS) is 20.5. The van der Waals surface area contributed by atoms with E-state index in [1.165, 1.54) is 0 Å². The molecule has 2 rings (SSSR count). The molecule has 1 nitrogen and oxygen atoms in total. The van der Waals surface area contributed by atoms with E-state index in [4.69, 9.17) is 0 Å². The lowest BCUT2D eigenvalue weighted by molar-refractivity contribution is 0.00885. The summed E-state index contributed by atoms with van der Waals surface area (Å²) in [4.78, 5) is 0. The van der Waals surface area contributed by atoms with E-state index < -0.39 is 5.60 Å². The minimum atomic E-state index is -0.593. The van der Waals surface area contributed by atoms with Crippen molar-refractivity contribution in [2.45, 2.75) is 31.8 Å². The fraction of sp³-hybridized carbons (Fsp3) is 0.500. The van der Waals surface area contributed by atoms with Gasteiger partial charge >= 0.3 is 0 Å². The van der Waals surface area contributed by atoms with E-state index in [1.54, 1.807) is 0 Å². The van der Waals surface area contributed by atoms with Gasteiger partial charge in [-0.15, -0.1) is 0 Å². The fourth-order valence-corrected chi connectivity index (χ4v) is 2.45. The first-order valence-electron chi connectivity index (χ1n) is 5.15. The third-order valence-electron chi connectivity index (χ3n) is 3.12. The molecule has 1 N–H and O–H groups in total. The fourth-order valence-electron chi connectivity index (χ4n) is 2.05. The summed E-state index contributed by atoms with van der Waals surface area (Å²) in [5.74, 6) is 0.474. The number of halogens is 1. The zero-order valence-electron chi connectivity index (χ0n) is 8.33. The number of rotatable bonds is 3. The van der Waals surface area contributed by atoms with Gasteiger partial charge in [0.1, 0.15) is 0 Å². The summed E-state index contributed by atoms with van der Waals surface area (Å²) in [5, 5.41) is 10.5. The van der Waals surface area contributed by atoms with Crippen LogP contribution in [0, 0.1) is 5.92 Å². The molecule has 1 unspecified atom stereocenters. The van der Waals surface area contributed by atoms with Crippen LogP contribution in [0.15, 0.2) is 28.7 Å². The van der Waals surface area contributed by atoms with Crippen molar-refractivity contribution < 1.29 is 5.11 Å². The molecule has 1 saturated carbocycles. The largest absolute Gasteiger partial charge is 0.385 e. The van der Waals surface area contributed by atoms with Gasteiger partial charge in [-0.25, -0.2) is 0 Å². The smallest absolute Gasteiger partial charge is 0.0922 e. The zero-order chi connectivity index (χ0) is 10.2. The standard InChI is InChI=1S/C12H15BrO/c1-2-12(14,9-6-7-9)10-4-3-5-11(13)8-10/h3-5,8-9,14H,2,6-7H2,1H3. The Morgan fingerprint density at radius 2 is 2.21 bits per heavy atom. The van der Waals surface area contributed by atoms with Crippen molar-refractivity contribution in [1.29, 1.82) is 0 Å². The minimum Gasteiger partial charge on any atom is -0.385 e. The van der Waals surface area contributed by atoms with Crippen LogP contribution in [-0.2, 0) is 5.60 Å². The molecule has 0 aliphatic heterocycles. The van der Waals surface area contributed by atoms with E-state index in [1.807, 2.05) is 24.3 Å². The highest BCUT2D eigenvalue weighted by atomic mass is 79.9. The van der Waals surface area contributed by atoms with Gasteiger partial charge in [0.05, 0.1) is 5.60 Å². The monoisotopic (exact) mass is 254 g/mol. The molecule has 1 aromatic carbocycles. The summed E-state index contributed by atoms with van der Waals surface area (Å²) in [6.45, 7) is 2.05. The third-order valence-corrected chi connectivity index (χ3v) is 3.61. The molecule has 76 valence electrons. The maximum atomic E-state index is 10.5. The van der Waals surface area contributed by atoms with Crippen LogP contribution in [0.3, 0.4) is 0 Å². The number of hydrogen-bond donors (Lipinski definition) is 1. The lowest BCUT2D eigenvalue weighted by Gasteiger charge is -2.27. The van der Waals surface area contributed by atoms with Gasteiger partial charge in [0, 0.05) is 4.47 Å². The molecule has 1 aliphatic carbocycles. The highest BCUT2D eigenvalue weighted by Gasteiger charge is 2.43. The van der Waals surface area contributed by atoms with E-state index in [9.17, 15) is 5.11 Å². The first-order chi connectivity index (χ1) is 6.66. The molecular formula is C12H15BrO. The first kappa shape index (κ1) is 10.2. The van der Waals surface area contributed by atoms with Crippen molar-refractivity contribution in [3.8, 4) is 0 Å². The molecule has 0 radical (unpaired) electrons. The molecule has 14 heavy (non-hydrogen) atoms. The van der Waals surface area contributed by atoms with E-state index in [0.717, 1.165) is 29.3 Å². The Hall–Kier alpha value is -0.340. The molecule has 1 fully saturated rings. The lowest BCUT2D eigenvalue weighted by atomic mass is 9.86. The first-order valence-corrected chi connectivity index (χ1v) is 5.94. The van der Waals surface area contributed by atoms with Crippen LogP contribution in [0.4, 0.5) is 0 Å². The summed E-state index contributed by atoms with van der Waals surface area (Å²) < 4.78 is 1.04. The highest BCUT2D eigenvalue weighted by molar-refractivity contribution is 9.10.